The van der Waals surface area contributed by atoms with Crippen molar-refractivity contribution in [2.75, 3.05) is 24.6 Å². The molecule has 1 atom stereocenters. The van der Waals surface area contributed by atoms with Crippen LogP contribution in [0.3, 0.4) is 0 Å². The van der Waals surface area contributed by atoms with Crippen LogP contribution < -0.4 is 4.72 Å². The van der Waals surface area contributed by atoms with Gasteiger partial charge >= 0.3 is 5.97 Å². The number of carbonyl (C=O) groups excluding carboxylic acids is 3. The Bertz CT molecular complexity index is 1180. The molecule has 2 aromatic carbocycles. The molecule has 8 nitrogen and oxygen atoms in total. The molecule has 10 heteroatoms. The molecule has 2 aromatic rings. The van der Waals surface area contributed by atoms with Gasteiger partial charge in [-0.15, -0.1) is 0 Å². The van der Waals surface area contributed by atoms with Gasteiger partial charge in [-0.2, -0.15) is 0 Å². The lowest BCUT2D eigenvalue weighted by Crippen LogP contribution is -2.55. The number of nitrogens with one attached hydrogen (secondary N) is 1. The van der Waals surface area contributed by atoms with Gasteiger partial charge in [0.2, 0.25) is 10.0 Å². The van der Waals surface area contributed by atoms with Gasteiger partial charge in [0.05, 0.1) is 17.5 Å². The molecule has 1 N–H and O–H groups in total. The van der Waals surface area contributed by atoms with Crippen molar-refractivity contribution in [3.8, 4) is 0 Å². The Morgan fingerprint density at radius 1 is 1.12 bits per heavy atom. The summed E-state index contributed by atoms with van der Waals surface area (Å²) < 4.78 is 30.6. The van der Waals surface area contributed by atoms with E-state index in [2.05, 4.69) is 4.72 Å². The monoisotopic (exact) mass is 492 g/mol. The summed E-state index contributed by atoms with van der Waals surface area (Å²) >= 11 is 6.41. The summed E-state index contributed by atoms with van der Waals surface area (Å²) in [4.78, 5) is 40.1. The lowest BCUT2D eigenvalue weighted by Gasteiger charge is -2.43. The van der Waals surface area contributed by atoms with Gasteiger partial charge in [-0.3, -0.25) is 14.3 Å². The SMILES string of the molecule is CN(C(=O)COC(=O)c1ccccc1NS(C)(=O)=O)[C@@]1(c2ccccc2Cl)CCCCC1=O. The van der Waals surface area contributed by atoms with Crippen LogP contribution in [0.25, 0.3) is 0 Å². The topological polar surface area (TPSA) is 110 Å². The molecule has 0 spiro atoms. The molecule has 1 fully saturated rings. The molecule has 1 aliphatic carbocycles. The number of sulfonamides is 1. The number of ether oxygens (including phenoxy) is 1. The van der Waals surface area contributed by atoms with Gasteiger partial charge in [-0.25, -0.2) is 13.2 Å². The molecule has 0 bridgehead atoms. The number of ketones is 1. The number of halogens is 1. The first-order valence-corrected chi connectivity index (χ1v) is 12.6. The minimum Gasteiger partial charge on any atom is -0.452 e. The Balaban J connectivity index is 1.82. The van der Waals surface area contributed by atoms with E-state index in [-0.39, 0.29) is 17.0 Å². The normalized spacial score (nSPS) is 18.5. The van der Waals surface area contributed by atoms with Gasteiger partial charge in [0.1, 0.15) is 5.54 Å². The maximum atomic E-state index is 13.1. The molecule has 33 heavy (non-hydrogen) atoms. The zero-order valence-electron chi connectivity index (χ0n) is 18.3. The van der Waals surface area contributed by atoms with Crippen LogP contribution in [-0.2, 0) is 29.9 Å². The number of anilines is 1. The average molecular weight is 493 g/mol. The third-order valence-corrected chi connectivity index (χ3v) is 6.61. The largest absolute Gasteiger partial charge is 0.452 e. The fourth-order valence-electron chi connectivity index (χ4n) is 4.09. The van der Waals surface area contributed by atoms with Gasteiger partial charge in [0.15, 0.2) is 12.4 Å². The van der Waals surface area contributed by atoms with Crippen LogP contribution in [0, 0.1) is 0 Å². The van der Waals surface area contributed by atoms with Crippen LogP contribution in [0.1, 0.15) is 41.6 Å². The van der Waals surface area contributed by atoms with Gasteiger partial charge in [-0.1, -0.05) is 41.9 Å². The third-order valence-electron chi connectivity index (χ3n) is 5.69. The maximum Gasteiger partial charge on any atom is 0.340 e. The highest BCUT2D eigenvalue weighted by Crippen LogP contribution is 2.42. The molecule has 0 heterocycles. The van der Waals surface area contributed by atoms with E-state index in [0.717, 1.165) is 19.1 Å². The maximum absolute atomic E-state index is 13.1. The van der Waals surface area contributed by atoms with E-state index in [1.807, 2.05) is 0 Å². The molecule has 1 amide bonds. The molecular weight excluding hydrogens is 468 g/mol. The number of likely N-dealkylation sites (N-methyl/N-ethyl adjacent to an activating group) is 1. The number of para-hydroxylation sites is 1. The molecule has 0 saturated heterocycles. The number of nitrogens with zero attached hydrogens (tertiary/aromatic N) is 1. The predicted molar refractivity (Wildman–Crippen MR) is 125 cm³/mol. The number of esters is 1. The number of benzene rings is 2. The first-order chi connectivity index (χ1) is 15.6. The van der Waals surface area contributed by atoms with Crippen LogP contribution in [0.15, 0.2) is 48.5 Å². The number of Topliss-reactive ketones (excluding diaryl/α,β-unsaturated/α-hetero) is 1. The highest BCUT2D eigenvalue weighted by atomic mass is 35.5. The highest BCUT2D eigenvalue weighted by molar-refractivity contribution is 7.92. The summed E-state index contributed by atoms with van der Waals surface area (Å²) in [6.45, 7) is -0.623. The molecule has 0 unspecified atom stereocenters. The molecule has 0 aromatic heterocycles. The Morgan fingerprint density at radius 2 is 1.79 bits per heavy atom. The Hall–Kier alpha value is -2.91. The van der Waals surface area contributed by atoms with Gasteiger partial charge < -0.3 is 9.64 Å². The van der Waals surface area contributed by atoms with Crippen LogP contribution in [0.5, 0.6) is 0 Å². The fourth-order valence-corrected chi connectivity index (χ4v) is 4.96. The summed E-state index contributed by atoms with van der Waals surface area (Å²) in [7, 11) is -2.12. The molecule has 1 saturated carbocycles. The van der Waals surface area contributed by atoms with Crippen molar-refractivity contribution in [3.05, 3.63) is 64.7 Å². The summed E-state index contributed by atoms with van der Waals surface area (Å²) in [6, 6.07) is 12.8. The Kier molecular flexibility index (Phi) is 7.44. The molecule has 0 radical (unpaired) electrons. The van der Waals surface area contributed by atoms with Crippen LogP contribution in [0.2, 0.25) is 5.02 Å². The lowest BCUT2D eigenvalue weighted by atomic mass is 9.74. The second kappa shape index (κ2) is 9.93. The summed E-state index contributed by atoms with van der Waals surface area (Å²) in [5.41, 5.74) is -0.689. The van der Waals surface area contributed by atoms with E-state index in [0.29, 0.717) is 23.4 Å². The van der Waals surface area contributed by atoms with E-state index in [1.54, 1.807) is 36.4 Å². The standard InChI is InChI=1S/C23H25ClN2O6S/c1-26(23(14-8-7-13-20(23)27)17-10-4-5-11-18(17)24)21(28)15-32-22(29)16-9-3-6-12-19(16)25-33(2,30)31/h3-6,9-12,25H,7-8,13-15H2,1-2H3/t23-/m1/s1. The first-order valence-electron chi connectivity index (χ1n) is 10.3. The molecule has 3 rings (SSSR count). The quantitative estimate of drug-likeness (QED) is 0.593. The van der Waals surface area contributed by atoms with Crippen molar-refractivity contribution < 1.29 is 27.5 Å². The second-order valence-corrected chi connectivity index (χ2v) is 10.1. The number of hydrogen-bond acceptors (Lipinski definition) is 6. The predicted octanol–water partition coefficient (Wildman–Crippen LogP) is 3.37. The minimum absolute atomic E-state index is 0.0343. The van der Waals surface area contributed by atoms with Gasteiger partial charge in [0, 0.05) is 24.1 Å². The van der Waals surface area contributed by atoms with E-state index < -0.39 is 34.0 Å². The van der Waals surface area contributed by atoms with Crippen LogP contribution in [-0.4, -0.2) is 50.9 Å². The number of rotatable bonds is 7. The average Bonchev–Trinajstić information content (AvgIpc) is 2.77. The number of carbonyl (C=O) groups is 3. The summed E-state index contributed by atoms with van der Waals surface area (Å²) in [5.74, 6) is -1.57. The summed E-state index contributed by atoms with van der Waals surface area (Å²) in [5, 5.41) is 0.380. The van der Waals surface area contributed by atoms with Crippen molar-refractivity contribution in [3.63, 3.8) is 0 Å². The minimum atomic E-state index is -3.62. The Labute approximate surface area is 197 Å². The lowest BCUT2D eigenvalue weighted by molar-refractivity contribution is -0.150. The molecule has 0 aliphatic heterocycles. The van der Waals surface area contributed by atoms with Crippen molar-refractivity contribution in [1.29, 1.82) is 0 Å². The summed E-state index contributed by atoms with van der Waals surface area (Å²) in [6.07, 6.45) is 3.15. The zero-order valence-corrected chi connectivity index (χ0v) is 19.9. The van der Waals surface area contributed by atoms with Crippen molar-refractivity contribution in [2.45, 2.75) is 31.2 Å². The Morgan fingerprint density at radius 3 is 2.45 bits per heavy atom. The number of hydrogen-bond donors (Lipinski definition) is 1. The van der Waals surface area contributed by atoms with Crippen molar-refractivity contribution in [2.24, 2.45) is 0 Å². The van der Waals surface area contributed by atoms with Gasteiger partial charge in [0.25, 0.3) is 5.91 Å². The smallest absolute Gasteiger partial charge is 0.340 e. The third kappa shape index (κ3) is 5.36. The molecular formula is C23H25ClN2O6S. The van der Waals surface area contributed by atoms with Crippen LogP contribution in [0.4, 0.5) is 5.69 Å². The molecule has 176 valence electrons. The van der Waals surface area contributed by atoms with E-state index in [4.69, 9.17) is 16.3 Å². The highest BCUT2D eigenvalue weighted by Gasteiger charge is 2.48. The number of amides is 1. The van der Waals surface area contributed by atoms with E-state index in [1.165, 1.54) is 24.1 Å². The first kappa shape index (κ1) is 24.7. The van der Waals surface area contributed by atoms with Crippen LogP contribution >= 0.6 is 11.6 Å². The fraction of sp³-hybridized carbons (Fsp3) is 0.348. The zero-order chi connectivity index (χ0) is 24.2. The van der Waals surface area contributed by atoms with E-state index >= 15 is 0 Å². The van der Waals surface area contributed by atoms with Gasteiger partial charge in [-0.05, 0) is 37.5 Å². The second-order valence-electron chi connectivity index (χ2n) is 7.92. The molecule has 1 aliphatic rings. The van der Waals surface area contributed by atoms with Crippen molar-refractivity contribution >= 4 is 45.0 Å². The van der Waals surface area contributed by atoms with E-state index in [9.17, 15) is 22.8 Å². The van der Waals surface area contributed by atoms with Crippen molar-refractivity contribution in [1.82, 2.24) is 4.90 Å².